The lowest BCUT2D eigenvalue weighted by Gasteiger charge is -2.28. The van der Waals surface area contributed by atoms with E-state index in [4.69, 9.17) is 0 Å². The standard InChI is InChI=1S/C12H16F2N2/c13-12(14)5-3-11(4-6-12)16-9-10-2-1-7-15-8-10/h1-2,7-8,11,16H,3-6,9H2. The molecule has 0 saturated heterocycles. The zero-order valence-electron chi connectivity index (χ0n) is 9.13. The van der Waals surface area contributed by atoms with Crippen molar-refractivity contribution in [2.24, 2.45) is 0 Å². The summed E-state index contributed by atoms with van der Waals surface area (Å²) in [6.07, 6.45) is 4.67. The number of hydrogen-bond donors (Lipinski definition) is 1. The van der Waals surface area contributed by atoms with Crippen LogP contribution in [0.3, 0.4) is 0 Å². The van der Waals surface area contributed by atoms with Crippen molar-refractivity contribution in [1.29, 1.82) is 0 Å². The molecule has 1 aliphatic rings. The molecule has 1 aromatic rings. The molecule has 1 N–H and O–H groups in total. The molecule has 1 fully saturated rings. The van der Waals surface area contributed by atoms with E-state index in [2.05, 4.69) is 10.3 Å². The summed E-state index contributed by atoms with van der Waals surface area (Å²) in [4.78, 5) is 4.01. The predicted octanol–water partition coefficient (Wildman–Crippen LogP) is 2.75. The van der Waals surface area contributed by atoms with Gasteiger partial charge in [-0.05, 0) is 24.5 Å². The minimum absolute atomic E-state index is 0.0116. The maximum atomic E-state index is 12.9. The average Bonchev–Trinajstić information content (AvgIpc) is 2.29. The molecule has 0 aromatic carbocycles. The van der Waals surface area contributed by atoms with Crippen LogP contribution in [0, 0.1) is 0 Å². The summed E-state index contributed by atoms with van der Waals surface area (Å²) in [6.45, 7) is 0.712. The highest BCUT2D eigenvalue weighted by molar-refractivity contribution is 5.08. The van der Waals surface area contributed by atoms with Crippen molar-refractivity contribution < 1.29 is 8.78 Å². The molecular formula is C12H16F2N2. The van der Waals surface area contributed by atoms with Crippen molar-refractivity contribution >= 4 is 0 Å². The van der Waals surface area contributed by atoms with Gasteiger partial charge in [-0.2, -0.15) is 0 Å². The molecule has 1 aliphatic carbocycles. The minimum atomic E-state index is -2.44. The normalized spacial score (nSPS) is 20.9. The first-order valence-corrected chi connectivity index (χ1v) is 5.66. The van der Waals surface area contributed by atoms with E-state index in [-0.39, 0.29) is 18.9 Å². The fourth-order valence-electron chi connectivity index (χ4n) is 2.01. The number of nitrogens with zero attached hydrogens (tertiary/aromatic N) is 1. The van der Waals surface area contributed by atoms with Crippen molar-refractivity contribution in [3.63, 3.8) is 0 Å². The largest absolute Gasteiger partial charge is 0.310 e. The van der Waals surface area contributed by atoms with Gasteiger partial charge in [0.25, 0.3) is 0 Å². The van der Waals surface area contributed by atoms with E-state index in [0.29, 0.717) is 19.4 Å². The van der Waals surface area contributed by atoms with E-state index in [9.17, 15) is 8.78 Å². The van der Waals surface area contributed by atoms with Crippen molar-refractivity contribution in [3.8, 4) is 0 Å². The first-order valence-electron chi connectivity index (χ1n) is 5.66. The summed E-state index contributed by atoms with van der Waals surface area (Å²) in [6, 6.07) is 4.09. The zero-order valence-corrected chi connectivity index (χ0v) is 9.13. The molecule has 0 amide bonds. The first-order chi connectivity index (χ1) is 7.66. The van der Waals surface area contributed by atoms with Crippen molar-refractivity contribution in [3.05, 3.63) is 30.1 Å². The number of halogens is 2. The smallest absolute Gasteiger partial charge is 0.248 e. The molecule has 4 heteroatoms. The van der Waals surface area contributed by atoms with E-state index in [1.54, 1.807) is 12.4 Å². The van der Waals surface area contributed by atoms with Gasteiger partial charge in [0.05, 0.1) is 0 Å². The topological polar surface area (TPSA) is 24.9 Å². The maximum absolute atomic E-state index is 12.9. The third-order valence-electron chi connectivity index (χ3n) is 3.03. The molecule has 0 unspecified atom stereocenters. The predicted molar refractivity (Wildman–Crippen MR) is 58.3 cm³/mol. The molecule has 2 nitrogen and oxygen atoms in total. The Morgan fingerprint density at radius 3 is 2.75 bits per heavy atom. The molecule has 1 aromatic heterocycles. The maximum Gasteiger partial charge on any atom is 0.248 e. The molecule has 1 heterocycles. The third kappa shape index (κ3) is 3.23. The van der Waals surface area contributed by atoms with Gasteiger partial charge >= 0.3 is 0 Å². The Bertz CT molecular complexity index is 317. The Hall–Kier alpha value is -1.03. The van der Waals surface area contributed by atoms with Crippen LogP contribution in [-0.4, -0.2) is 16.9 Å². The van der Waals surface area contributed by atoms with Gasteiger partial charge in [-0.1, -0.05) is 6.07 Å². The van der Waals surface area contributed by atoms with Crippen LogP contribution >= 0.6 is 0 Å². The quantitative estimate of drug-likeness (QED) is 0.857. The average molecular weight is 226 g/mol. The zero-order chi connectivity index (χ0) is 11.4. The molecule has 0 radical (unpaired) electrons. The van der Waals surface area contributed by atoms with Gasteiger partial charge in [-0.25, -0.2) is 8.78 Å². The van der Waals surface area contributed by atoms with E-state index in [1.165, 1.54) is 0 Å². The SMILES string of the molecule is FC1(F)CCC(NCc2cccnc2)CC1. The fraction of sp³-hybridized carbons (Fsp3) is 0.583. The molecule has 16 heavy (non-hydrogen) atoms. The van der Waals surface area contributed by atoms with Crippen LogP contribution in [-0.2, 0) is 6.54 Å². The van der Waals surface area contributed by atoms with Crippen molar-refractivity contribution in [1.82, 2.24) is 10.3 Å². The van der Waals surface area contributed by atoms with Crippen LogP contribution in [0.1, 0.15) is 31.2 Å². The number of pyridine rings is 1. The number of aromatic nitrogens is 1. The summed E-state index contributed by atoms with van der Waals surface area (Å²) >= 11 is 0. The summed E-state index contributed by atoms with van der Waals surface area (Å²) < 4.78 is 25.8. The summed E-state index contributed by atoms with van der Waals surface area (Å²) in [7, 11) is 0. The van der Waals surface area contributed by atoms with E-state index < -0.39 is 5.92 Å². The van der Waals surface area contributed by atoms with Gasteiger partial charge in [0, 0.05) is 37.8 Å². The van der Waals surface area contributed by atoms with Gasteiger partial charge in [0.15, 0.2) is 0 Å². The first kappa shape index (κ1) is 11.5. The highest BCUT2D eigenvalue weighted by Gasteiger charge is 2.34. The van der Waals surface area contributed by atoms with Gasteiger partial charge in [-0.3, -0.25) is 4.98 Å². The van der Waals surface area contributed by atoms with Crippen LogP contribution in [0.25, 0.3) is 0 Å². The molecule has 88 valence electrons. The number of nitrogens with one attached hydrogen (secondary N) is 1. The Balaban J connectivity index is 1.76. The van der Waals surface area contributed by atoms with Gasteiger partial charge in [-0.15, -0.1) is 0 Å². The monoisotopic (exact) mass is 226 g/mol. The Labute approximate surface area is 94.1 Å². The molecule has 0 bridgehead atoms. The highest BCUT2D eigenvalue weighted by Crippen LogP contribution is 2.32. The molecule has 0 atom stereocenters. The highest BCUT2D eigenvalue weighted by atomic mass is 19.3. The number of rotatable bonds is 3. The Morgan fingerprint density at radius 2 is 2.12 bits per heavy atom. The molecule has 0 aliphatic heterocycles. The molecule has 2 rings (SSSR count). The Morgan fingerprint density at radius 1 is 1.38 bits per heavy atom. The summed E-state index contributed by atoms with van der Waals surface area (Å²) in [5, 5.41) is 3.30. The summed E-state index contributed by atoms with van der Waals surface area (Å²) in [5.41, 5.74) is 1.10. The lowest BCUT2D eigenvalue weighted by atomic mass is 9.92. The van der Waals surface area contributed by atoms with Crippen LogP contribution in [0.5, 0.6) is 0 Å². The number of hydrogen-bond acceptors (Lipinski definition) is 2. The van der Waals surface area contributed by atoms with E-state index in [0.717, 1.165) is 5.56 Å². The summed E-state index contributed by atoms with van der Waals surface area (Å²) in [5.74, 6) is -2.44. The molecule has 0 spiro atoms. The lowest BCUT2D eigenvalue weighted by molar-refractivity contribution is -0.0405. The van der Waals surface area contributed by atoms with Crippen molar-refractivity contribution in [2.75, 3.05) is 0 Å². The van der Waals surface area contributed by atoms with Crippen LogP contribution in [0.4, 0.5) is 8.78 Å². The fourth-order valence-corrected chi connectivity index (χ4v) is 2.01. The second kappa shape index (κ2) is 4.87. The third-order valence-corrected chi connectivity index (χ3v) is 3.03. The van der Waals surface area contributed by atoms with E-state index in [1.807, 2.05) is 12.1 Å². The van der Waals surface area contributed by atoms with Gasteiger partial charge in [0.1, 0.15) is 0 Å². The van der Waals surface area contributed by atoms with Crippen molar-refractivity contribution in [2.45, 2.75) is 44.2 Å². The van der Waals surface area contributed by atoms with Crippen LogP contribution < -0.4 is 5.32 Å². The van der Waals surface area contributed by atoms with E-state index >= 15 is 0 Å². The lowest BCUT2D eigenvalue weighted by Crippen LogP contribution is -2.36. The minimum Gasteiger partial charge on any atom is -0.310 e. The van der Waals surface area contributed by atoms with Crippen LogP contribution in [0.15, 0.2) is 24.5 Å². The van der Waals surface area contributed by atoms with Gasteiger partial charge < -0.3 is 5.32 Å². The molecular weight excluding hydrogens is 210 g/mol. The molecule has 1 saturated carbocycles. The second-order valence-electron chi connectivity index (χ2n) is 4.37. The Kier molecular flexibility index (Phi) is 3.49. The van der Waals surface area contributed by atoms with Crippen LogP contribution in [0.2, 0.25) is 0 Å². The second-order valence-corrected chi connectivity index (χ2v) is 4.37. The number of alkyl halides is 2. The van der Waals surface area contributed by atoms with Gasteiger partial charge in [0.2, 0.25) is 5.92 Å².